The lowest BCUT2D eigenvalue weighted by molar-refractivity contribution is 0.0989. The molecule has 0 aromatic carbocycles. The number of pyridine rings is 1. The Labute approximate surface area is 107 Å². The van der Waals surface area contributed by atoms with Crippen LogP contribution in [0.25, 0.3) is 0 Å². The molecule has 0 amide bonds. The first-order valence-electron chi connectivity index (χ1n) is 4.55. The summed E-state index contributed by atoms with van der Waals surface area (Å²) >= 11 is 13.1. The number of aromatic nitrogens is 1. The van der Waals surface area contributed by atoms with Crippen LogP contribution in [0.4, 0.5) is 0 Å². The van der Waals surface area contributed by atoms with Gasteiger partial charge < -0.3 is 0 Å². The minimum absolute atomic E-state index is 0.0934. The van der Waals surface area contributed by atoms with Crippen LogP contribution in [-0.4, -0.2) is 10.8 Å². The zero-order chi connectivity index (χ0) is 11.5. The summed E-state index contributed by atoms with van der Waals surface area (Å²) in [4.78, 5) is 16.7. The fourth-order valence-electron chi connectivity index (χ4n) is 1.28. The number of hydrogen-bond acceptors (Lipinski definition) is 3. The van der Waals surface area contributed by atoms with Gasteiger partial charge in [-0.25, -0.2) is 0 Å². The summed E-state index contributed by atoms with van der Waals surface area (Å²) in [5.74, 6) is -0.0934. The monoisotopic (exact) mass is 271 g/mol. The molecule has 0 saturated heterocycles. The topological polar surface area (TPSA) is 30.0 Å². The third-order valence-corrected chi connectivity index (χ3v) is 3.52. The van der Waals surface area contributed by atoms with Crippen molar-refractivity contribution in [2.24, 2.45) is 0 Å². The number of Topliss-reactive ketones (excluding diaryl/α,β-unsaturated/α-hetero) is 1. The highest BCUT2D eigenvalue weighted by Crippen LogP contribution is 2.23. The number of carbonyl (C=O) groups excluding carboxylic acids is 1. The number of carbonyl (C=O) groups is 1. The standard InChI is InChI=1S/C11H7Cl2NOS/c12-8-2-1-5-14-11(8)9(15)6-7-3-4-10(13)16-7/h1-5H,6H2. The number of ketones is 1. The molecule has 0 aliphatic carbocycles. The lowest BCUT2D eigenvalue weighted by Gasteiger charge is -2.00. The van der Waals surface area contributed by atoms with E-state index in [9.17, 15) is 4.79 Å². The molecule has 0 N–H and O–H groups in total. The molecule has 0 aliphatic rings. The lowest BCUT2D eigenvalue weighted by Crippen LogP contribution is -2.05. The summed E-state index contributed by atoms with van der Waals surface area (Å²) in [6.45, 7) is 0. The van der Waals surface area contributed by atoms with Crippen molar-refractivity contribution >= 4 is 40.3 Å². The third kappa shape index (κ3) is 2.61. The Morgan fingerprint density at radius 2 is 2.12 bits per heavy atom. The van der Waals surface area contributed by atoms with E-state index < -0.39 is 0 Å². The van der Waals surface area contributed by atoms with E-state index in [0.29, 0.717) is 15.1 Å². The molecule has 2 nitrogen and oxygen atoms in total. The number of halogens is 2. The van der Waals surface area contributed by atoms with E-state index in [-0.39, 0.29) is 12.2 Å². The van der Waals surface area contributed by atoms with Crippen molar-refractivity contribution in [3.05, 3.63) is 50.4 Å². The summed E-state index contributed by atoms with van der Waals surface area (Å²) < 4.78 is 0.676. The highest BCUT2D eigenvalue weighted by Gasteiger charge is 2.13. The largest absolute Gasteiger partial charge is 0.292 e. The van der Waals surface area contributed by atoms with Gasteiger partial charge in [-0.2, -0.15) is 0 Å². The Balaban J connectivity index is 2.18. The molecule has 2 rings (SSSR count). The van der Waals surface area contributed by atoms with Crippen molar-refractivity contribution in [2.75, 3.05) is 0 Å². The van der Waals surface area contributed by atoms with E-state index >= 15 is 0 Å². The first-order chi connectivity index (χ1) is 7.66. The summed E-state index contributed by atoms with van der Waals surface area (Å²) in [7, 11) is 0. The van der Waals surface area contributed by atoms with E-state index in [1.54, 1.807) is 24.4 Å². The van der Waals surface area contributed by atoms with Gasteiger partial charge in [-0.1, -0.05) is 23.2 Å². The molecule has 2 aromatic rings. The van der Waals surface area contributed by atoms with Crippen molar-refractivity contribution < 1.29 is 4.79 Å². The van der Waals surface area contributed by atoms with Gasteiger partial charge in [0.1, 0.15) is 5.69 Å². The fourth-order valence-corrected chi connectivity index (χ4v) is 2.59. The summed E-state index contributed by atoms with van der Waals surface area (Å²) in [5, 5.41) is 0.384. The van der Waals surface area contributed by atoms with Crippen LogP contribution in [0, 0.1) is 0 Å². The van der Waals surface area contributed by atoms with Gasteiger partial charge in [0.25, 0.3) is 0 Å². The van der Waals surface area contributed by atoms with Gasteiger partial charge in [0.05, 0.1) is 9.36 Å². The first-order valence-corrected chi connectivity index (χ1v) is 6.12. The maximum Gasteiger partial charge on any atom is 0.187 e. The van der Waals surface area contributed by atoms with Crippen LogP contribution >= 0.6 is 34.5 Å². The van der Waals surface area contributed by atoms with E-state index in [4.69, 9.17) is 23.2 Å². The maximum absolute atomic E-state index is 11.9. The molecule has 0 aliphatic heterocycles. The molecule has 0 fully saturated rings. The molecule has 0 spiro atoms. The Morgan fingerprint density at radius 1 is 1.31 bits per heavy atom. The number of nitrogens with zero attached hydrogens (tertiary/aromatic N) is 1. The molecule has 0 radical (unpaired) electrons. The smallest absolute Gasteiger partial charge is 0.187 e. The van der Waals surface area contributed by atoms with Crippen LogP contribution in [0.5, 0.6) is 0 Å². The Bertz CT molecular complexity index is 524. The van der Waals surface area contributed by atoms with Crippen molar-refractivity contribution in [1.82, 2.24) is 4.98 Å². The quantitative estimate of drug-likeness (QED) is 0.794. The number of rotatable bonds is 3. The predicted molar refractivity (Wildman–Crippen MR) is 66.6 cm³/mol. The molecular weight excluding hydrogens is 265 g/mol. The van der Waals surface area contributed by atoms with Gasteiger partial charge >= 0.3 is 0 Å². The second-order valence-corrected chi connectivity index (χ2v) is 5.35. The van der Waals surface area contributed by atoms with Gasteiger partial charge in [-0.15, -0.1) is 11.3 Å². The predicted octanol–water partition coefficient (Wildman–Crippen LogP) is 3.88. The summed E-state index contributed by atoms with van der Waals surface area (Å²) in [6.07, 6.45) is 1.84. The molecule has 0 unspecified atom stereocenters. The maximum atomic E-state index is 11.9. The molecule has 0 saturated carbocycles. The number of hydrogen-bond donors (Lipinski definition) is 0. The van der Waals surface area contributed by atoms with E-state index in [2.05, 4.69) is 4.98 Å². The molecule has 82 valence electrons. The first kappa shape index (κ1) is 11.6. The van der Waals surface area contributed by atoms with Crippen LogP contribution in [-0.2, 0) is 6.42 Å². The Morgan fingerprint density at radius 3 is 2.75 bits per heavy atom. The van der Waals surface area contributed by atoms with E-state index in [0.717, 1.165) is 4.88 Å². The SMILES string of the molecule is O=C(Cc1ccc(Cl)s1)c1ncccc1Cl. The van der Waals surface area contributed by atoms with Crippen LogP contribution in [0.15, 0.2) is 30.5 Å². The molecular formula is C11H7Cl2NOS. The zero-order valence-corrected chi connectivity index (χ0v) is 10.4. The highest BCUT2D eigenvalue weighted by atomic mass is 35.5. The minimum Gasteiger partial charge on any atom is -0.292 e. The second kappa shape index (κ2) is 4.95. The minimum atomic E-state index is -0.0934. The molecule has 5 heteroatoms. The molecule has 2 heterocycles. The van der Waals surface area contributed by atoms with Crippen LogP contribution in [0.3, 0.4) is 0 Å². The molecule has 2 aromatic heterocycles. The normalized spacial score (nSPS) is 10.4. The molecule has 0 atom stereocenters. The van der Waals surface area contributed by atoms with E-state index in [1.807, 2.05) is 6.07 Å². The van der Waals surface area contributed by atoms with Crippen molar-refractivity contribution in [2.45, 2.75) is 6.42 Å². The average molecular weight is 272 g/mol. The van der Waals surface area contributed by atoms with E-state index in [1.165, 1.54) is 11.3 Å². The summed E-state index contributed by atoms with van der Waals surface area (Å²) in [5.41, 5.74) is 0.314. The summed E-state index contributed by atoms with van der Waals surface area (Å²) in [6, 6.07) is 6.96. The van der Waals surface area contributed by atoms with Crippen molar-refractivity contribution in [3.63, 3.8) is 0 Å². The lowest BCUT2D eigenvalue weighted by atomic mass is 10.2. The van der Waals surface area contributed by atoms with Gasteiger partial charge in [0.2, 0.25) is 0 Å². The van der Waals surface area contributed by atoms with Gasteiger partial charge in [0, 0.05) is 17.5 Å². The van der Waals surface area contributed by atoms with Crippen LogP contribution < -0.4 is 0 Å². The second-order valence-electron chi connectivity index (χ2n) is 3.14. The van der Waals surface area contributed by atoms with Crippen LogP contribution in [0.1, 0.15) is 15.4 Å². The highest BCUT2D eigenvalue weighted by molar-refractivity contribution is 7.16. The van der Waals surface area contributed by atoms with Crippen molar-refractivity contribution in [1.29, 1.82) is 0 Å². The Kier molecular flexibility index (Phi) is 3.59. The zero-order valence-electron chi connectivity index (χ0n) is 8.11. The molecule has 0 bridgehead atoms. The van der Waals surface area contributed by atoms with Gasteiger partial charge in [-0.3, -0.25) is 9.78 Å². The number of thiophene rings is 1. The van der Waals surface area contributed by atoms with Crippen LogP contribution in [0.2, 0.25) is 9.36 Å². The van der Waals surface area contributed by atoms with Crippen molar-refractivity contribution in [3.8, 4) is 0 Å². The van der Waals surface area contributed by atoms with Gasteiger partial charge in [0.15, 0.2) is 5.78 Å². The Hall–Kier alpha value is -0.900. The fraction of sp³-hybridized carbons (Fsp3) is 0.0909. The molecule has 16 heavy (non-hydrogen) atoms. The van der Waals surface area contributed by atoms with Gasteiger partial charge in [-0.05, 0) is 24.3 Å². The average Bonchev–Trinajstić information content (AvgIpc) is 2.64. The third-order valence-electron chi connectivity index (χ3n) is 1.99.